The number of rotatable bonds is 1. The topological polar surface area (TPSA) is 60.7 Å². The van der Waals surface area contributed by atoms with E-state index in [2.05, 4.69) is 6.58 Å². The number of hydrogen-bond acceptors (Lipinski definition) is 3. The van der Waals surface area contributed by atoms with Crippen LogP contribution in [0.3, 0.4) is 0 Å². The first-order valence-electron chi connectivity index (χ1n) is 6.63. The molecule has 0 saturated heterocycles. The Kier molecular flexibility index (Phi) is 3.36. The van der Waals surface area contributed by atoms with Gasteiger partial charge in [-0.2, -0.15) is 0 Å². The largest absolute Gasteiger partial charge is 0.393 e. The summed E-state index contributed by atoms with van der Waals surface area (Å²) in [4.78, 5) is 0. The number of aliphatic hydroxyl groups excluding tert-OH is 2. The molecule has 0 bridgehead atoms. The van der Waals surface area contributed by atoms with Crippen molar-refractivity contribution < 1.29 is 15.3 Å². The second-order valence-corrected chi connectivity index (χ2v) is 6.00. The average Bonchev–Trinajstić information content (AvgIpc) is 2.26. The monoisotopic (exact) mass is 240 g/mol. The van der Waals surface area contributed by atoms with Crippen LogP contribution in [0.25, 0.3) is 0 Å². The van der Waals surface area contributed by atoms with E-state index in [9.17, 15) is 15.3 Å². The van der Waals surface area contributed by atoms with Crippen molar-refractivity contribution in [3.05, 3.63) is 12.2 Å². The standard InChI is InChI=1S/C14H24O3/c1-8(2)10-5-4-9(3)14(17)12(16)7-6-11(15)13(10)14/h9-13,15-17H,1,4-7H2,2-3H3/t9-,10+,11-,12-,13-,14+/m0/s1. The van der Waals surface area contributed by atoms with Crippen LogP contribution in [0.2, 0.25) is 0 Å². The Balaban J connectivity index is 2.38. The van der Waals surface area contributed by atoms with E-state index in [1.54, 1.807) is 0 Å². The predicted molar refractivity (Wildman–Crippen MR) is 66.4 cm³/mol. The molecular formula is C14H24O3. The van der Waals surface area contributed by atoms with Gasteiger partial charge in [-0.1, -0.05) is 19.1 Å². The molecule has 3 nitrogen and oxygen atoms in total. The van der Waals surface area contributed by atoms with Gasteiger partial charge in [-0.05, 0) is 44.4 Å². The van der Waals surface area contributed by atoms with Crippen LogP contribution in [-0.4, -0.2) is 33.1 Å². The van der Waals surface area contributed by atoms with Gasteiger partial charge in [-0.25, -0.2) is 0 Å². The molecule has 0 aromatic heterocycles. The highest BCUT2D eigenvalue weighted by Gasteiger charge is 2.57. The zero-order valence-electron chi connectivity index (χ0n) is 10.8. The number of hydrogen-bond donors (Lipinski definition) is 3. The first-order valence-corrected chi connectivity index (χ1v) is 6.63. The van der Waals surface area contributed by atoms with Crippen molar-refractivity contribution in [2.45, 2.75) is 57.3 Å². The first kappa shape index (κ1) is 13.1. The van der Waals surface area contributed by atoms with Crippen LogP contribution in [0, 0.1) is 17.8 Å². The minimum atomic E-state index is -1.14. The molecule has 0 aliphatic heterocycles. The predicted octanol–water partition coefficient (Wildman–Crippen LogP) is 1.47. The van der Waals surface area contributed by atoms with E-state index in [4.69, 9.17) is 0 Å². The summed E-state index contributed by atoms with van der Waals surface area (Å²) in [5, 5.41) is 31.2. The summed E-state index contributed by atoms with van der Waals surface area (Å²) in [6, 6.07) is 0. The highest BCUT2D eigenvalue weighted by Crippen LogP contribution is 2.51. The molecule has 17 heavy (non-hydrogen) atoms. The van der Waals surface area contributed by atoms with Gasteiger partial charge in [-0.15, -0.1) is 0 Å². The zero-order valence-corrected chi connectivity index (χ0v) is 10.8. The average molecular weight is 240 g/mol. The molecule has 2 rings (SSSR count). The fourth-order valence-electron chi connectivity index (χ4n) is 3.91. The maximum Gasteiger partial charge on any atom is 0.0988 e. The van der Waals surface area contributed by atoms with E-state index in [0.29, 0.717) is 12.8 Å². The molecule has 0 heterocycles. The Morgan fingerprint density at radius 3 is 2.41 bits per heavy atom. The van der Waals surface area contributed by atoms with Crippen molar-refractivity contribution in [1.29, 1.82) is 0 Å². The van der Waals surface area contributed by atoms with Crippen molar-refractivity contribution in [2.24, 2.45) is 17.8 Å². The van der Waals surface area contributed by atoms with Gasteiger partial charge >= 0.3 is 0 Å². The third-order valence-corrected chi connectivity index (χ3v) is 4.98. The van der Waals surface area contributed by atoms with Crippen LogP contribution in [0.5, 0.6) is 0 Å². The lowest BCUT2D eigenvalue weighted by Gasteiger charge is -2.55. The lowest BCUT2D eigenvalue weighted by atomic mass is 9.55. The quantitative estimate of drug-likeness (QED) is 0.608. The maximum atomic E-state index is 10.9. The Morgan fingerprint density at radius 1 is 1.18 bits per heavy atom. The van der Waals surface area contributed by atoms with Gasteiger partial charge in [0.05, 0.1) is 17.8 Å². The molecule has 2 fully saturated rings. The Morgan fingerprint density at radius 2 is 1.82 bits per heavy atom. The van der Waals surface area contributed by atoms with Gasteiger partial charge in [0.15, 0.2) is 0 Å². The normalized spacial score (nSPS) is 50.8. The summed E-state index contributed by atoms with van der Waals surface area (Å²) in [5.41, 5.74) is -0.132. The number of allylic oxidation sites excluding steroid dienone is 1. The van der Waals surface area contributed by atoms with Gasteiger partial charge in [-0.3, -0.25) is 0 Å². The second kappa shape index (κ2) is 4.38. The van der Waals surface area contributed by atoms with Crippen LogP contribution in [0.15, 0.2) is 12.2 Å². The van der Waals surface area contributed by atoms with Crippen LogP contribution in [-0.2, 0) is 0 Å². The van der Waals surface area contributed by atoms with E-state index in [1.165, 1.54) is 0 Å². The highest BCUT2D eigenvalue weighted by molar-refractivity contribution is 5.14. The summed E-state index contributed by atoms with van der Waals surface area (Å²) in [7, 11) is 0. The molecule has 0 spiro atoms. The molecule has 0 radical (unpaired) electrons. The van der Waals surface area contributed by atoms with Crippen molar-refractivity contribution in [3.63, 3.8) is 0 Å². The fraction of sp³-hybridized carbons (Fsp3) is 0.857. The molecule has 0 aromatic rings. The molecule has 0 aromatic carbocycles. The van der Waals surface area contributed by atoms with E-state index in [-0.39, 0.29) is 17.8 Å². The minimum absolute atomic E-state index is 0.0352. The van der Waals surface area contributed by atoms with Crippen molar-refractivity contribution >= 4 is 0 Å². The molecule has 0 unspecified atom stereocenters. The Labute approximate surface area is 103 Å². The molecule has 2 aliphatic rings. The minimum Gasteiger partial charge on any atom is -0.393 e. The molecular weight excluding hydrogens is 216 g/mol. The van der Waals surface area contributed by atoms with E-state index in [1.807, 2.05) is 13.8 Å². The van der Waals surface area contributed by atoms with Gasteiger partial charge in [0.2, 0.25) is 0 Å². The zero-order chi connectivity index (χ0) is 12.8. The summed E-state index contributed by atoms with van der Waals surface area (Å²) >= 11 is 0. The summed E-state index contributed by atoms with van der Waals surface area (Å²) < 4.78 is 0. The number of fused-ring (bicyclic) bond motifs is 1. The molecule has 98 valence electrons. The molecule has 0 amide bonds. The van der Waals surface area contributed by atoms with Crippen LogP contribution >= 0.6 is 0 Å². The molecule has 2 aliphatic carbocycles. The third-order valence-electron chi connectivity index (χ3n) is 4.98. The summed E-state index contributed by atoms with van der Waals surface area (Å²) in [6.45, 7) is 7.91. The maximum absolute atomic E-state index is 10.9. The summed E-state index contributed by atoms with van der Waals surface area (Å²) in [6.07, 6.45) is 1.66. The Hall–Kier alpha value is -0.380. The van der Waals surface area contributed by atoms with Gasteiger partial charge in [0.25, 0.3) is 0 Å². The Bertz CT molecular complexity index is 309. The van der Waals surface area contributed by atoms with Crippen LogP contribution in [0.1, 0.15) is 39.5 Å². The molecule has 3 N–H and O–H groups in total. The smallest absolute Gasteiger partial charge is 0.0988 e. The lowest BCUT2D eigenvalue weighted by Crippen LogP contribution is -2.64. The van der Waals surface area contributed by atoms with E-state index < -0.39 is 17.8 Å². The van der Waals surface area contributed by atoms with Gasteiger partial charge < -0.3 is 15.3 Å². The fourth-order valence-corrected chi connectivity index (χ4v) is 3.91. The van der Waals surface area contributed by atoms with Crippen LogP contribution < -0.4 is 0 Å². The lowest BCUT2D eigenvalue weighted by molar-refractivity contribution is -0.222. The van der Waals surface area contributed by atoms with Crippen molar-refractivity contribution in [2.75, 3.05) is 0 Å². The molecule has 6 atom stereocenters. The van der Waals surface area contributed by atoms with Gasteiger partial charge in [0.1, 0.15) is 0 Å². The van der Waals surface area contributed by atoms with Crippen LogP contribution in [0.4, 0.5) is 0 Å². The van der Waals surface area contributed by atoms with Crippen molar-refractivity contribution in [1.82, 2.24) is 0 Å². The van der Waals surface area contributed by atoms with Gasteiger partial charge in [0, 0.05) is 5.92 Å². The van der Waals surface area contributed by atoms with Crippen molar-refractivity contribution in [3.8, 4) is 0 Å². The van der Waals surface area contributed by atoms with E-state index >= 15 is 0 Å². The second-order valence-electron chi connectivity index (χ2n) is 6.00. The molecule has 3 heteroatoms. The SMILES string of the molecule is C=C(C)[C@H]1CC[C@H](C)[C@]2(O)[C@@H]1[C@@H](O)CC[C@@H]2O. The first-order chi connectivity index (χ1) is 7.89. The number of aliphatic hydroxyl groups is 3. The highest BCUT2D eigenvalue weighted by atomic mass is 16.3. The summed E-state index contributed by atoms with van der Waals surface area (Å²) in [5.74, 6) is -0.0956. The van der Waals surface area contributed by atoms with E-state index in [0.717, 1.165) is 18.4 Å². The third kappa shape index (κ3) is 1.85. The molecule has 2 saturated carbocycles.